The molecule has 2 nitrogen and oxygen atoms in total. The summed E-state index contributed by atoms with van der Waals surface area (Å²) in [5, 5.41) is 0. The van der Waals surface area contributed by atoms with Gasteiger partial charge in [-0.15, -0.1) is 0 Å². The topological polar surface area (TPSA) is 34.1 Å². The largest absolute Gasteiger partial charge is 0.299 e. The summed E-state index contributed by atoms with van der Waals surface area (Å²) < 4.78 is 0. The smallest absolute Gasteiger partial charge is 0.141 e. The van der Waals surface area contributed by atoms with Gasteiger partial charge in [0.25, 0.3) is 0 Å². The molecule has 2 bridgehead atoms. The van der Waals surface area contributed by atoms with E-state index in [0.717, 1.165) is 12.8 Å². The van der Waals surface area contributed by atoms with Crippen molar-refractivity contribution in [3.8, 4) is 0 Å². The van der Waals surface area contributed by atoms with Gasteiger partial charge in [-0.3, -0.25) is 9.59 Å². The number of carbonyl (C=O) groups is 2. The number of fused-ring (bicyclic) bond motifs is 5. The van der Waals surface area contributed by atoms with E-state index in [1.54, 1.807) is 0 Å². The standard InChI is InChI=1S/C8H8O2/c9-7-3-1-2-4(7)6-5(3)8(6)10/h3-6H,1-2H2. The molecule has 3 rings (SSSR count). The van der Waals surface area contributed by atoms with Gasteiger partial charge in [-0.25, -0.2) is 0 Å². The molecule has 0 aromatic carbocycles. The van der Waals surface area contributed by atoms with Crippen LogP contribution in [0.2, 0.25) is 0 Å². The van der Waals surface area contributed by atoms with Crippen molar-refractivity contribution in [2.75, 3.05) is 0 Å². The highest BCUT2D eigenvalue weighted by Gasteiger charge is 2.69. The zero-order chi connectivity index (χ0) is 6.88. The lowest BCUT2D eigenvalue weighted by Gasteiger charge is -1.99. The summed E-state index contributed by atoms with van der Waals surface area (Å²) in [5.74, 6) is 1.52. The number of hydrogen-bond donors (Lipinski definition) is 0. The lowest BCUT2D eigenvalue weighted by atomic mass is 10.0. The van der Waals surface area contributed by atoms with Gasteiger partial charge in [0.1, 0.15) is 11.6 Å². The van der Waals surface area contributed by atoms with E-state index in [-0.39, 0.29) is 23.7 Å². The maximum absolute atomic E-state index is 11.2. The Balaban J connectivity index is 2.09. The Labute approximate surface area is 58.6 Å². The van der Waals surface area contributed by atoms with Crippen molar-refractivity contribution in [2.45, 2.75) is 12.8 Å². The van der Waals surface area contributed by atoms with Gasteiger partial charge in [-0.2, -0.15) is 0 Å². The molecule has 0 heterocycles. The first kappa shape index (κ1) is 5.05. The van der Waals surface area contributed by atoms with Crippen molar-refractivity contribution in [1.29, 1.82) is 0 Å². The highest BCUT2D eigenvalue weighted by molar-refractivity contribution is 6.12. The third kappa shape index (κ3) is 0.321. The molecule has 0 radical (unpaired) electrons. The van der Waals surface area contributed by atoms with Crippen molar-refractivity contribution in [3.63, 3.8) is 0 Å². The first-order valence-corrected chi connectivity index (χ1v) is 3.88. The molecule has 10 heavy (non-hydrogen) atoms. The van der Waals surface area contributed by atoms with Gasteiger partial charge in [0, 0.05) is 23.7 Å². The van der Waals surface area contributed by atoms with Crippen LogP contribution < -0.4 is 0 Å². The molecule has 2 heteroatoms. The van der Waals surface area contributed by atoms with Gasteiger partial charge < -0.3 is 0 Å². The van der Waals surface area contributed by atoms with E-state index in [2.05, 4.69) is 0 Å². The number of hydrogen-bond acceptors (Lipinski definition) is 2. The maximum atomic E-state index is 11.2. The van der Waals surface area contributed by atoms with Gasteiger partial charge in [-0.05, 0) is 12.8 Å². The summed E-state index contributed by atoms with van der Waals surface area (Å²) in [7, 11) is 0. The summed E-state index contributed by atoms with van der Waals surface area (Å²) in [5.41, 5.74) is 0. The summed E-state index contributed by atoms with van der Waals surface area (Å²) in [6, 6.07) is 0. The fourth-order valence-electron chi connectivity index (χ4n) is 2.81. The van der Waals surface area contributed by atoms with Crippen molar-refractivity contribution >= 4 is 11.6 Å². The van der Waals surface area contributed by atoms with E-state index >= 15 is 0 Å². The minimum atomic E-state index is 0.169. The van der Waals surface area contributed by atoms with Gasteiger partial charge in [-0.1, -0.05) is 0 Å². The Morgan fingerprint density at radius 1 is 0.900 bits per heavy atom. The predicted molar refractivity (Wildman–Crippen MR) is 33.2 cm³/mol. The molecule has 4 atom stereocenters. The number of carbonyl (C=O) groups excluding carboxylic acids is 2. The Kier molecular flexibility index (Phi) is 0.607. The second-order valence-electron chi connectivity index (χ2n) is 3.65. The van der Waals surface area contributed by atoms with Crippen LogP contribution in [0.3, 0.4) is 0 Å². The second-order valence-corrected chi connectivity index (χ2v) is 3.65. The predicted octanol–water partition coefficient (Wildman–Crippen LogP) is 0.410. The van der Waals surface area contributed by atoms with Gasteiger partial charge >= 0.3 is 0 Å². The third-order valence-electron chi connectivity index (χ3n) is 3.32. The lowest BCUT2D eigenvalue weighted by Crippen LogP contribution is -2.11. The number of ketones is 2. The molecule has 3 aliphatic carbocycles. The minimum absolute atomic E-state index is 0.169. The van der Waals surface area contributed by atoms with E-state index in [1.165, 1.54) is 0 Å². The summed E-state index contributed by atoms with van der Waals surface area (Å²) in [6.45, 7) is 0. The van der Waals surface area contributed by atoms with Crippen LogP contribution in [0.5, 0.6) is 0 Å². The van der Waals surface area contributed by atoms with E-state index in [9.17, 15) is 9.59 Å². The van der Waals surface area contributed by atoms with Crippen LogP contribution in [0.25, 0.3) is 0 Å². The SMILES string of the molecule is O=C1C2CCC1C1C(=O)C21. The van der Waals surface area contributed by atoms with Crippen LogP contribution in [0.1, 0.15) is 12.8 Å². The zero-order valence-corrected chi connectivity index (χ0v) is 5.54. The summed E-state index contributed by atoms with van der Waals surface area (Å²) in [6.07, 6.45) is 1.99. The molecule has 0 spiro atoms. The third-order valence-corrected chi connectivity index (χ3v) is 3.32. The van der Waals surface area contributed by atoms with Gasteiger partial charge in [0.2, 0.25) is 0 Å². The van der Waals surface area contributed by atoms with Crippen LogP contribution >= 0.6 is 0 Å². The second kappa shape index (κ2) is 1.20. The average Bonchev–Trinajstić information content (AvgIpc) is 2.34. The fourth-order valence-corrected chi connectivity index (χ4v) is 2.81. The van der Waals surface area contributed by atoms with Gasteiger partial charge in [0.05, 0.1) is 0 Å². The fraction of sp³-hybridized carbons (Fsp3) is 0.750. The molecule has 4 unspecified atom stereocenters. The minimum Gasteiger partial charge on any atom is -0.299 e. The Morgan fingerprint density at radius 2 is 1.40 bits per heavy atom. The highest BCUT2D eigenvalue weighted by atomic mass is 16.2. The lowest BCUT2D eigenvalue weighted by molar-refractivity contribution is -0.126. The molecule has 0 amide bonds. The molecular weight excluding hydrogens is 128 g/mol. The van der Waals surface area contributed by atoms with Crippen LogP contribution in [0, 0.1) is 23.7 Å². The number of rotatable bonds is 0. The maximum Gasteiger partial charge on any atom is 0.141 e. The monoisotopic (exact) mass is 136 g/mol. The molecule has 0 aromatic heterocycles. The van der Waals surface area contributed by atoms with Crippen molar-refractivity contribution in [3.05, 3.63) is 0 Å². The molecule has 0 aromatic rings. The molecule has 3 fully saturated rings. The van der Waals surface area contributed by atoms with Crippen LogP contribution in [-0.2, 0) is 9.59 Å². The van der Waals surface area contributed by atoms with Crippen LogP contribution in [0.15, 0.2) is 0 Å². The van der Waals surface area contributed by atoms with E-state index in [4.69, 9.17) is 0 Å². The average molecular weight is 136 g/mol. The van der Waals surface area contributed by atoms with Crippen molar-refractivity contribution < 1.29 is 9.59 Å². The normalized spacial score (nSPS) is 55.6. The molecular formula is C8H8O2. The molecule has 3 aliphatic rings. The van der Waals surface area contributed by atoms with Crippen LogP contribution in [-0.4, -0.2) is 11.6 Å². The Hall–Kier alpha value is -0.660. The molecule has 3 saturated carbocycles. The van der Waals surface area contributed by atoms with E-state index in [0.29, 0.717) is 11.6 Å². The zero-order valence-electron chi connectivity index (χ0n) is 5.54. The molecule has 0 aliphatic heterocycles. The first-order chi connectivity index (χ1) is 4.80. The summed E-state index contributed by atoms with van der Waals surface area (Å²) in [4.78, 5) is 22.2. The van der Waals surface area contributed by atoms with E-state index in [1.807, 2.05) is 0 Å². The molecule has 52 valence electrons. The highest BCUT2D eigenvalue weighted by Crippen LogP contribution is 2.60. The van der Waals surface area contributed by atoms with Crippen LogP contribution in [0.4, 0.5) is 0 Å². The van der Waals surface area contributed by atoms with Crippen molar-refractivity contribution in [2.24, 2.45) is 23.7 Å². The van der Waals surface area contributed by atoms with Crippen molar-refractivity contribution in [1.82, 2.24) is 0 Å². The number of Topliss-reactive ketones (excluding diaryl/α,β-unsaturated/α-hetero) is 2. The molecule has 0 saturated heterocycles. The quantitative estimate of drug-likeness (QED) is 0.483. The summed E-state index contributed by atoms with van der Waals surface area (Å²) >= 11 is 0. The van der Waals surface area contributed by atoms with E-state index < -0.39 is 0 Å². The first-order valence-electron chi connectivity index (χ1n) is 3.88. The molecule has 0 N–H and O–H groups in total. The van der Waals surface area contributed by atoms with Gasteiger partial charge in [0.15, 0.2) is 0 Å². The Bertz CT molecular complexity index is 222. The Morgan fingerprint density at radius 3 is 1.80 bits per heavy atom.